The van der Waals surface area contributed by atoms with Crippen molar-refractivity contribution in [1.82, 2.24) is 20.2 Å². The van der Waals surface area contributed by atoms with Crippen LogP contribution >= 0.6 is 0 Å². The van der Waals surface area contributed by atoms with Crippen molar-refractivity contribution in [3.63, 3.8) is 0 Å². The number of aliphatic carboxylic acids is 1. The van der Waals surface area contributed by atoms with E-state index >= 15 is 0 Å². The minimum Gasteiger partial charge on any atom is -0.480 e. The zero-order chi connectivity index (χ0) is 13.1. The molecule has 1 aromatic carbocycles. The number of nitrogens with zero attached hydrogens (tertiary/aromatic N) is 4. The minimum atomic E-state index is -0.955. The monoisotopic (exact) mass is 246 g/mol. The van der Waals surface area contributed by atoms with E-state index in [4.69, 9.17) is 5.11 Å². The van der Waals surface area contributed by atoms with Crippen LogP contribution in [0.2, 0.25) is 0 Å². The third-order valence-electron chi connectivity index (χ3n) is 2.82. The minimum absolute atomic E-state index is 0.215. The predicted molar refractivity (Wildman–Crippen MR) is 64.2 cm³/mol. The first-order valence-electron chi connectivity index (χ1n) is 5.59. The fourth-order valence-electron chi connectivity index (χ4n) is 1.70. The summed E-state index contributed by atoms with van der Waals surface area (Å²) in [6.45, 7) is 3.87. The molecule has 0 amide bonds. The Morgan fingerprint density at radius 2 is 2.11 bits per heavy atom. The maximum Gasteiger partial charge on any atom is 0.325 e. The van der Waals surface area contributed by atoms with E-state index in [1.54, 1.807) is 0 Å². The summed E-state index contributed by atoms with van der Waals surface area (Å²) in [5.74, 6) is -0.399. The summed E-state index contributed by atoms with van der Waals surface area (Å²) in [4.78, 5) is 10.7. The maximum atomic E-state index is 10.7. The molecule has 2 aromatic rings. The lowest BCUT2D eigenvalue weighted by Gasteiger charge is -2.05. The Labute approximate surface area is 104 Å². The van der Waals surface area contributed by atoms with Crippen molar-refractivity contribution in [1.29, 1.82) is 0 Å². The van der Waals surface area contributed by atoms with Gasteiger partial charge in [0.1, 0.15) is 6.54 Å². The Morgan fingerprint density at radius 3 is 2.78 bits per heavy atom. The quantitative estimate of drug-likeness (QED) is 0.869. The van der Waals surface area contributed by atoms with Gasteiger partial charge in [0.15, 0.2) is 5.82 Å². The molecule has 0 bridgehead atoms. The van der Waals surface area contributed by atoms with E-state index in [1.165, 1.54) is 15.8 Å². The molecular formula is C12H14N4O2. The molecule has 0 aliphatic rings. The summed E-state index contributed by atoms with van der Waals surface area (Å²) < 4.78 is 1.30. The summed E-state index contributed by atoms with van der Waals surface area (Å²) in [7, 11) is 0. The highest BCUT2D eigenvalue weighted by Gasteiger charge is 2.10. The van der Waals surface area contributed by atoms with E-state index in [-0.39, 0.29) is 6.54 Å². The Bertz CT molecular complexity index is 577. The Hall–Kier alpha value is -2.24. The standard InChI is InChI=1S/C12H14N4O2/c1-8-3-4-10(5-9(8)2)6-11-13-14-15-16(11)7-12(17)18/h3-5H,6-7H2,1-2H3,(H,17,18). The number of benzene rings is 1. The summed E-state index contributed by atoms with van der Waals surface area (Å²) in [5.41, 5.74) is 3.49. The normalized spacial score (nSPS) is 10.6. The maximum absolute atomic E-state index is 10.7. The summed E-state index contributed by atoms with van der Waals surface area (Å²) >= 11 is 0. The van der Waals surface area contributed by atoms with Crippen molar-refractivity contribution in [2.24, 2.45) is 0 Å². The molecule has 0 atom stereocenters. The van der Waals surface area contributed by atoms with Crippen LogP contribution in [0.25, 0.3) is 0 Å². The summed E-state index contributed by atoms with van der Waals surface area (Å²) in [6, 6.07) is 6.10. The molecular weight excluding hydrogens is 232 g/mol. The molecule has 0 aliphatic heterocycles. The number of hydrogen-bond donors (Lipinski definition) is 1. The number of carbonyl (C=O) groups is 1. The number of aryl methyl sites for hydroxylation is 2. The molecule has 0 fully saturated rings. The van der Waals surface area contributed by atoms with Crippen LogP contribution in [0.1, 0.15) is 22.5 Å². The van der Waals surface area contributed by atoms with E-state index in [0.717, 1.165) is 5.56 Å². The van der Waals surface area contributed by atoms with Crippen LogP contribution in [0.4, 0.5) is 0 Å². The van der Waals surface area contributed by atoms with Gasteiger partial charge in [-0.15, -0.1) is 5.10 Å². The summed E-state index contributed by atoms with van der Waals surface area (Å²) in [5, 5.41) is 19.8. The molecule has 94 valence electrons. The Balaban J connectivity index is 2.20. The van der Waals surface area contributed by atoms with Gasteiger partial charge in [-0.1, -0.05) is 18.2 Å². The first kappa shape index (κ1) is 12.2. The van der Waals surface area contributed by atoms with Crippen molar-refractivity contribution in [3.8, 4) is 0 Å². The molecule has 0 unspecified atom stereocenters. The zero-order valence-electron chi connectivity index (χ0n) is 10.3. The van der Waals surface area contributed by atoms with Crippen LogP contribution in [0.5, 0.6) is 0 Å². The van der Waals surface area contributed by atoms with Gasteiger partial charge in [0, 0.05) is 6.42 Å². The predicted octanol–water partition coefficient (Wildman–Crippen LogP) is 0.965. The van der Waals surface area contributed by atoms with Gasteiger partial charge < -0.3 is 5.11 Å². The van der Waals surface area contributed by atoms with Gasteiger partial charge in [0.2, 0.25) is 0 Å². The number of carboxylic acids is 1. The summed E-state index contributed by atoms with van der Waals surface area (Å²) in [6.07, 6.45) is 0.529. The highest BCUT2D eigenvalue weighted by molar-refractivity contribution is 5.66. The van der Waals surface area contributed by atoms with Crippen LogP contribution in [0.15, 0.2) is 18.2 Å². The molecule has 0 saturated heterocycles. The van der Waals surface area contributed by atoms with Crippen LogP contribution < -0.4 is 0 Å². The molecule has 0 spiro atoms. The fourth-order valence-corrected chi connectivity index (χ4v) is 1.70. The van der Waals surface area contributed by atoms with Crippen molar-refractivity contribution in [3.05, 3.63) is 40.7 Å². The third-order valence-corrected chi connectivity index (χ3v) is 2.82. The van der Waals surface area contributed by atoms with Crippen LogP contribution in [0.3, 0.4) is 0 Å². The Morgan fingerprint density at radius 1 is 1.33 bits per heavy atom. The molecule has 1 heterocycles. The fraction of sp³-hybridized carbons (Fsp3) is 0.333. The highest BCUT2D eigenvalue weighted by atomic mass is 16.4. The average molecular weight is 246 g/mol. The van der Waals surface area contributed by atoms with Crippen molar-refractivity contribution in [2.75, 3.05) is 0 Å². The lowest BCUT2D eigenvalue weighted by molar-refractivity contribution is -0.138. The van der Waals surface area contributed by atoms with E-state index in [2.05, 4.69) is 21.6 Å². The number of tetrazole rings is 1. The second kappa shape index (κ2) is 4.95. The van der Waals surface area contributed by atoms with E-state index < -0.39 is 5.97 Å². The van der Waals surface area contributed by atoms with Crippen molar-refractivity contribution >= 4 is 5.97 Å². The molecule has 0 saturated carbocycles. The van der Waals surface area contributed by atoms with Crippen LogP contribution in [0, 0.1) is 13.8 Å². The molecule has 2 rings (SSSR count). The largest absolute Gasteiger partial charge is 0.480 e. The van der Waals surface area contributed by atoms with E-state index in [1.807, 2.05) is 26.0 Å². The molecule has 18 heavy (non-hydrogen) atoms. The average Bonchev–Trinajstić information content (AvgIpc) is 2.70. The van der Waals surface area contributed by atoms with Gasteiger partial charge in [-0.3, -0.25) is 4.79 Å². The number of rotatable bonds is 4. The third kappa shape index (κ3) is 2.71. The Kier molecular flexibility index (Phi) is 3.36. The highest BCUT2D eigenvalue weighted by Crippen LogP contribution is 2.12. The lowest BCUT2D eigenvalue weighted by Crippen LogP contribution is -2.13. The number of carboxylic acid groups (broad SMARTS) is 1. The van der Waals surface area contributed by atoms with Crippen molar-refractivity contribution in [2.45, 2.75) is 26.8 Å². The molecule has 1 aromatic heterocycles. The van der Waals surface area contributed by atoms with Crippen molar-refractivity contribution < 1.29 is 9.90 Å². The van der Waals surface area contributed by atoms with E-state index in [9.17, 15) is 4.79 Å². The molecule has 6 nitrogen and oxygen atoms in total. The lowest BCUT2D eigenvalue weighted by atomic mass is 10.0. The van der Waals surface area contributed by atoms with Gasteiger partial charge in [0.05, 0.1) is 0 Å². The second-order valence-electron chi connectivity index (χ2n) is 4.24. The first-order valence-corrected chi connectivity index (χ1v) is 5.59. The van der Waals surface area contributed by atoms with E-state index in [0.29, 0.717) is 12.2 Å². The SMILES string of the molecule is Cc1ccc(Cc2nnnn2CC(=O)O)cc1C. The zero-order valence-corrected chi connectivity index (χ0v) is 10.3. The topological polar surface area (TPSA) is 80.9 Å². The number of aromatic nitrogens is 4. The molecule has 1 N–H and O–H groups in total. The molecule has 0 aliphatic carbocycles. The van der Waals surface area contributed by atoms with Gasteiger partial charge in [-0.05, 0) is 41.0 Å². The van der Waals surface area contributed by atoms with Gasteiger partial charge in [0.25, 0.3) is 0 Å². The van der Waals surface area contributed by atoms with Gasteiger partial charge in [-0.2, -0.15) is 0 Å². The van der Waals surface area contributed by atoms with Crippen LogP contribution in [-0.4, -0.2) is 31.3 Å². The molecule has 6 heteroatoms. The first-order chi connectivity index (χ1) is 8.56. The number of hydrogen-bond acceptors (Lipinski definition) is 4. The van der Waals surface area contributed by atoms with Gasteiger partial charge >= 0.3 is 5.97 Å². The van der Waals surface area contributed by atoms with Crippen LogP contribution in [-0.2, 0) is 17.8 Å². The second-order valence-corrected chi connectivity index (χ2v) is 4.24. The smallest absolute Gasteiger partial charge is 0.325 e. The molecule has 0 radical (unpaired) electrons. The van der Waals surface area contributed by atoms with Gasteiger partial charge in [-0.25, -0.2) is 4.68 Å².